The number of anilines is 2. The molecule has 2 nitrogen and oxygen atoms in total. The summed E-state index contributed by atoms with van der Waals surface area (Å²) in [5, 5.41) is 9.50. The molecule has 0 bridgehead atoms. The van der Waals surface area contributed by atoms with Crippen molar-refractivity contribution in [2.24, 2.45) is 0 Å². The van der Waals surface area contributed by atoms with Crippen molar-refractivity contribution in [1.82, 2.24) is 0 Å². The van der Waals surface area contributed by atoms with E-state index in [-0.39, 0.29) is 5.82 Å². The van der Waals surface area contributed by atoms with Crippen LogP contribution < -0.4 is 4.90 Å². The van der Waals surface area contributed by atoms with Gasteiger partial charge in [0.2, 0.25) is 0 Å². The van der Waals surface area contributed by atoms with Gasteiger partial charge >= 0.3 is 0 Å². The second-order valence-corrected chi connectivity index (χ2v) is 4.97. The van der Waals surface area contributed by atoms with Crippen molar-refractivity contribution in [2.45, 2.75) is 26.9 Å². The molecular formula is C17H20FNO. The van der Waals surface area contributed by atoms with Gasteiger partial charge in [0.25, 0.3) is 0 Å². The standard InChI is InChI=1S/C17H20FNO/c1-4-19(15-8-5-12(2)6-9-15)17-10-7-14(13(3)20)11-16(17)18/h5-11,13,20H,4H2,1-3H3. The molecule has 0 aliphatic carbocycles. The Hall–Kier alpha value is -1.87. The normalized spacial score (nSPS) is 12.2. The zero-order valence-corrected chi connectivity index (χ0v) is 12.1. The first-order chi connectivity index (χ1) is 9.52. The van der Waals surface area contributed by atoms with Crippen molar-refractivity contribution < 1.29 is 9.50 Å². The molecule has 0 spiro atoms. The van der Waals surface area contributed by atoms with Crippen molar-refractivity contribution in [3.63, 3.8) is 0 Å². The Bertz CT molecular complexity index is 578. The van der Waals surface area contributed by atoms with Crippen molar-refractivity contribution in [2.75, 3.05) is 11.4 Å². The fraction of sp³-hybridized carbons (Fsp3) is 0.294. The van der Waals surface area contributed by atoms with E-state index >= 15 is 0 Å². The van der Waals surface area contributed by atoms with Crippen molar-refractivity contribution >= 4 is 11.4 Å². The summed E-state index contributed by atoms with van der Waals surface area (Å²) in [4.78, 5) is 1.92. The zero-order valence-electron chi connectivity index (χ0n) is 12.1. The van der Waals surface area contributed by atoms with Crippen LogP contribution in [0.5, 0.6) is 0 Å². The molecule has 3 heteroatoms. The first kappa shape index (κ1) is 14.5. The smallest absolute Gasteiger partial charge is 0.147 e. The molecule has 0 saturated carbocycles. The lowest BCUT2D eigenvalue weighted by Gasteiger charge is -2.24. The van der Waals surface area contributed by atoms with E-state index in [1.54, 1.807) is 19.1 Å². The van der Waals surface area contributed by atoms with Crippen molar-refractivity contribution in [1.29, 1.82) is 0 Å². The highest BCUT2D eigenvalue weighted by Crippen LogP contribution is 2.29. The third kappa shape index (κ3) is 2.99. The highest BCUT2D eigenvalue weighted by Gasteiger charge is 2.13. The molecule has 0 saturated heterocycles. The van der Waals surface area contributed by atoms with E-state index in [4.69, 9.17) is 0 Å². The molecular weight excluding hydrogens is 253 g/mol. The second kappa shape index (κ2) is 6.06. The lowest BCUT2D eigenvalue weighted by Crippen LogP contribution is -2.17. The summed E-state index contributed by atoms with van der Waals surface area (Å²) in [5.74, 6) is -0.314. The van der Waals surface area contributed by atoms with E-state index in [0.29, 0.717) is 17.8 Å². The summed E-state index contributed by atoms with van der Waals surface area (Å²) in [7, 11) is 0. The third-order valence-electron chi connectivity index (χ3n) is 3.41. The summed E-state index contributed by atoms with van der Waals surface area (Å²) in [6.07, 6.45) is -0.659. The van der Waals surface area contributed by atoms with Gasteiger partial charge in [0.05, 0.1) is 11.8 Å². The Kier molecular flexibility index (Phi) is 4.40. The minimum absolute atomic E-state index is 0.314. The highest BCUT2D eigenvalue weighted by atomic mass is 19.1. The van der Waals surface area contributed by atoms with Crippen LogP contribution in [0, 0.1) is 12.7 Å². The zero-order chi connectivity index (χ0) is 14.7. The number of aliphatic hydroxyl groups excluding tert-OH is 1. The molecule has 1 atom stereocenters. The molecule has 2 aromatic rings. The number of halogens is 1. The fourth-order valence-corrected chi connectivity index (χ4v) is 2.22. The van der Waals surface area contributed by atoms with Crippen molar-refractivity contribution in [3.05, 3.63) is 59.4 Å². The van der Waals surface area contributed by atoms with Crippen LogP contribution in [-0.2, 0) is 0 Å². The van der Waals surface area contributed by atoms with Crippen LogP contribution in [0.1, 0.15) is 31.1 Å². The Morgan fingerprint density at radius 3 is 2.30 bits per heavy atom. The van der Waals surface area contributed by atoms with E-state index in [9.17, 15) is 9.50 Å². The Balaban J connectivity index is 2.39. The Labute approximate surface area is 119 Å². The summed E-state index contributed by atoms with van der Waals surface area (Å²) in [5.41, 5.74) is 3.25. The van der Waals surface area contributed by atoms with Gasteiger partial charge in [-0.3, -0.25) is 0 Å². The fourth-order valence-electron chi connectivity index (χ4n) is 2.22. The maximum Gasteiger partial charge on any atom is 0.147 e. The highest BCUT2D eigenvalue weighted by molar-refractivity contribution is 5.64. The van der Waals surface area contributed by atoms with E-state index in [2.05, 4.69) is 0 Å². The first-order valence-corrected chi connectivity index (χ1v) is 6.84. The lowest BCUT2D eigenvalue weighted by atomic mass is 10.1. The molecule has 0 aliphatic rings. The molecule has 2 rings (SSSR count). The predicted molar refractivity (Wildman–Crippen MR) is 80.9 cm³/mol. The molecule has 1 N–H and O–H groups in total. The molecule has 0 radical (unpaired) electrons. The monoisotopic (exact) mass is 273 g/mol. The molecule has 0 aromatic heterocycles. The summed E-state index contributed by atoms with van der Waals surface area (Å²) < 4.78 is 14.3. The average molecular weight is 273 g/mol. The number of aryl methyl sites for hydroxylation is 1. The van der Waals surface area contributed by atoms with E-state index in [1.165, 1.54) is 11.6 Å². The van der Waals surface area contributed by atoms with Gasteiger partial charge in [-0.25, -0.2) is 4.39 Å². The van der Waals surface area contributed by atoms with Gasteiger partial charge in [-0.05, 0) is 50.6 Å². The number of aliphatic hydroxyl groups is 1. The van der Waals surface area contributed by atoms with Gasteiger partial charge in [0, 0.05) is 12.2 Å². The molecule has 0 heterocycles. The first-order valence-electron chi connectivity index (χ1n) is 6.84. The average Bonchev–Trinajstić information content (AvgIpc) is 2.43. The van der Waals surface area contributed by atoms with Gasteiger partial charge in [0.1, 0.15) is 5.82 Å². The van der Waals surface area contributed by atoms with Crippen LogP contribution in [0.3, 0.4) is 0 Å². The van der Waals surface area contributed by atoms with E-state index in [0.717, 1.165) is 5.69 Å². The van der Waals surface area contributed by atoms with E-state index < -0.39 is 6.10 Å². The maximum absolute atomic E-state index is 14.3. The number of nitrogens with zero attached hydrogens (tertiary/aromatic N) is 1. The Morgan fingerprint density at radius 1 is 1.15 bits per heavy atom. The minimum Gasteiger partial charge on any atom is -0.389 e. The molecule has 0 amide bonds. The summed E-state index contributed by atoms with van der Waals surface area (Å²) in [6, 6.07) is 12.9. The quantitative estimate of drug-likeness (QED) is 0.895. The summed E-state index contributed by atoms with van der Waals surface area (Å²) in [6.45, 7) is 6.32. The van der Waals surface area contributed by atoms with Crippen LogP contribution in [0.2, 0.25) is 0 Å². The summed E-state index contributed by atoms with van der Waals surface area (Å²) >= 11 is 0. The molecule has 20 heavy (non-hydrogen) atoms. The van der Waals surface area contributed by atoms with Crippen LogP contribution in [0.25, 0.3) is 0 Å². The van der Waals surface area contributed by atoms with Crippen molar-refractivity contribution in [3.8, 4) is 0 Å². The van der Waals surface area contributed by atoms with Gasteiger partial charge in [-0.15, -0.1) is 0 Å². The molecule has 1 unspecified atom stereocenters. The molecule has 106 valence electrons. The predicted octanol–water partition coefficient (Wildman–Crippen LogP) is 4.35. The second-order valence-electron chi connectivity index (χ2n) is 4.97. The SMILES string of the molecule is CCN(c1ccc(C)cc1)c1ccc(C(C)O)cc1F. The maximum atomic E-state index is 14.3. The van der Waals surface area contributed by atoms with Gasteiger partial charge in [-0.2, -0.15) is 0 Å². The van der Waals surface area contributed by atoms with Crippen LogP contribution >= 0.6 is 0 Å². The van der Waals surface area contributed by atoms with Crippen LogP contribution in [0.4, 0.5) is 15.8 Å². The molecule has 0 fully saturated rings. The number of benzene rings is 2. The number of rotatable bonds is 4. The number of hydrogen-bond donors (Lipinski definition) is 1. The van der Waals surface area contributed by atoms with Crippen LogP contribution in [-0.4, -0.2) is 11.7 Å². The minimum atomic E-state index is -0.659. The largest absolute Gasteiger partial charge is 0.389 e. The van der Waals surface area contributed by atoms with Gasteiger partial charge < -0.3 is 10.0 Å². The van der Waals surface area contributed by atoms with Crippen LogP contribution in [0.15, 0.2) is 42.5 Å². The molecule has 0 aliphatic heterocycles. The number of hydrogen-bond acceptors (Lipinski definition) is 2. The lowest BCUT2D eigenvalue weighted by molar-refractivity contribution is 0.199. The Morgan fingerprint density at radius 2 is 1.80 bits per heavy atom. The van der Waals surface area contributed by atoms with Gasteiger partial charge in [-0.1, -0.05) is 23.8 Å². The molecule has 2 aromatic carbocycles. The van der Waals surface area contributed by atoms with Gasteiger partial charge in [0.15, 0.2) is 0 Å². The topological polar surface area (TPSA) is 23.5 Å². The van der Waals surface area contributed by atoms with E-state index in [1.807, 2.05) is 43.0 Å². The third-order valence-corrected chi connectivity index (χ3v) is 3.41.